The first kappa shape index (κ1) is 10.1. The first-order valence-corrected chi connectivity index (χ1v) is 5.73. The molecule has 0 N–H and O–H groups in total. The Kier molecular flexibility index (Phi) is 2.19. The Morgan fingerprint density at radius 3 is 3.00 bits per heavy atom. The zero-order chi connectivity index (χ0) is 11.3. The van der Waals surface area contributed by atoms with Gasteiger partial charge in [0, 0.05) is 5.56 Å². The monoisotopic (exact) mass is 254 g/mol. The molecule has 0 aromatic carbocycles. The number of nitrogens with zero attached hydrogens (tertiary/aromatic N) is 2. The van der Waals surface area contributed by atoms with Crippen LogP contribution in [0.25, 0.3) is 17.2 Å². The molecule has 2 aromatic heterocycles. The summed E-state index contributed by atoms with van der Waals surface area (Å²) in [5.74, 6) is 1.28. The smallest absolute Gasteiger partial charge is 0.224 e. The fraction of sp³-hybridized carbons (Fsp3) is 0.273. The molecule has 0 spiro atoms. The van der Waals surface area contributed by atoms with E-state index in [9.17, 15) is 0 Å². The van der Waals surface area contributed by atoms with Crippen LogP contribution >= 0.6 is 23.2 Å². The Hall–Kier alpha value is -1.06. The average Bonchev–Trinajstić information content (AvgIpc) is 2.57. The molecule has 0 amide bonds. The first-order chi connectivity index (χ1) is 7.65. The van der Waals surface area contributed by atoms with E-state index in [4.69, 9.17) is 27.6 Å². The fourth-order valence-electron chi connectivity index (χ4n) is 1.95. The first-order valence-electron chi connectivity index (χ1n) is 4.98. The SMILES string of the molecule is CC1C=Cc2oc3c(Cl)nc(Cl)nc3c2C1. The Balaban J connectivity index is 2.36. The van der Waals surface area contributed by atoms with Gasteiger partial charge in [-0.25, -0.2) is 9.97 Å². The number of furan rings is 1. The van der Waals surface area contributed by atoms with Gasteiger partial charge in [0.05, 0.1) is 0 Å². The molecule has 2 aromatic rings. The van der Waals surface area contributed by atoms with Crippen molar-refractivity contribution < 1.29 is 4.42 Å². The molecule has 16 heavy (non-hydrogen) atoms. The summed E-state index contributed by atoms with van der Waals surface area (Å²) in [6.45, 7) is 2.14. The van der Waals surface area contributed by atoms with Crippen molar-refractivity contribution in [3.05, 3.63) is 27.8 Å². The van der Waals surface area contributed by atoms with Gasteiger partial charge >= 0.3 is 0 Å². The van der Waals surface area contributed by atoms with Gasteiger partial charge in [0.2, 0.25) is 5.28 Å². The zero-order valence-electron chi connectivity index (χ0n) is 8.50. The maximum Gasteiger partial charge on any atom is 0.224 e. The number of hydrogen-bond donors (Lipinski definition) is 0. The highest BCUT2D eigenvalue weighted by atomic mass is 35.5. The molecule has 0 aliphatic heterocycles. The molecule has 2 heterocycles. The number of fused-ring (bicyclic) bond motifs is 3. The maximum absolute atomic E-state index is 5.96. The number of rotatable bonds is 0. The van der Waals surface area contributed by atoms with E-state index >= 15 is 0 Å². The van der Waals surface area contributed by atoms with Crippen LogP contribution < -0.4 is 0 Å². The van der Waals surface area contributed by atoms with Crippen LogP contribution in [0.3, 0.4) is 0 Å². The van der Waals surface area contributed by atoms with E-state index in [1.165, 1.54) is 0 Å². The Labute approximate surface area is 102 Å². The third kappa shape index (κ3) is 1.43. The highest BCUT2D eigenvalue weighted by Gasteiger charge is 2.21. The summed E-state index contributed by atoms with van der Waals surface area (Å²) in [5, 5.41) is 0.425. The van der Waals surface area contributed by atoms with Crippen molar-refractivity contribution in [3.63, 3.8) is 0 Å². The van der Waals surface area contributed by atoms with Crippen LogP contribution in [0.1, 0.15) is 18.2 Å². The minimum absolute atomic E-state index is 0.156. The maximum atomic E-state index is 5.96. The summed E-state index contributed by atoms with van der Waals surface area (Å²) >= 11 is 11.8. The van der Waals surface area contributed by atoms with E-state index in [1.807, 2.05) is 6.08 Å². The average molecular weight is 255 g/mol. The summed E-state index contributed by atoms with van der Waals surface area (Å²) in [4.78, 5) is 8.05. The summed E-state index contributed by atoms with van der Waals surface area (Å²) in [5.41, 5.74) is 2.32. The van der Waals surface area contributed by atoms with Gasteiger partial charge < -0.3 is 4.42 Å². The fourth-order valence-corrected chi connectivity index (χ4v) is 2.37. The molecule has 3 rings (SSSR count). The lowest BCUT2D eigenvalue weighted by molar-refractivity contribution is 0.583. The Bertz CT molecular complexity index is 604. The van der Waals surface area contributed by atoms with Gasteiger partial charge in [0.15, 0.2) is 10.7 Å². The van der Waals surface area contributed by atoms with Gasteiger partial charge in [-0.3, -0.25) is 0 Å². The van der Waals surface area contributed by atoms with Crippen molar-refractivity contribution >= 4 is 40.4 Å². The standard InChI is InChI=1S/C11H8Cl2N2O/c1-5-2-3-7-6(4-5)8-9(16-7)10(12)15-11(13)14-8/h2-3,5H,4H2,1H3. The van der Waals surface area contributed by atoms with Crippen molar-refractivity contribution in [2.24, 2.45) is 5.92 Å². The molecule has 0 bridgehead atoms. The molecule has 1 atom stereocenters. The van der Waals surface area contributed by atoms with E-state index in [1.54, 1.807) is 0 Å². The van der Waals surface area contributed by atoms with E-state index in [-0.39, 0.29) is 10.4 Å². The summed E-state index contributed by atoms with van der Waals surface area (Å²) in [6.07, 6.45) is 4.95. The number of hydrogen-bond acceptors (Lipinski definition) is 3. The van der Waals surface area contributed by atoms with Crippen LogP contribution in [0.4, 0.5) is 0 Å². The number of allylic oxidation sites excluding steroid dienone is 1. The topological polar surface area (TPSA) is 38.9 Å². The van der Waals surface area contributed by atoms with Crippen molar-refractivity contribution in [2.45, 2.75) is 13.3 Å². The highest BCUT2D eigenvalue weighted by Crippen LogP contribution is 2.34. The summed E-state index contributed by atoms with van der Waals surface area (Å²) < 4.78 is 5.62. The number of halogens is 2. The lowest BCUT2D eigenvalue weighted by Crippen LogP contribution is -2.01. The minimum Gasteiger partial charge on any atom is -0.451 e. The summed E-state index contributed by atoms with van der Waals surface area (Å²) in [6, 6.07) is 0. The highest BCUT2D eigenvalue weighted by molar-refractivity contribution is 6.35. The summed E-state index contributed by atoms with van der Waals surface area (Å²) in [7, 11) is 0. The van der Waals surface area contributed by atoms with Crippen LogP contribution in [-0.4, -0.2) is 9.97 Å². The Morgan fingerprint density at radius 2 is 2.19 bits per heavy atom. The second-order valence-corrected chi connectivity index (χ2v) is 4.64. The van der Waals surface area contributed by atoms with E-state index in [0.717, 1.165) is 23.3 Å². The molecule has 1 aliphatic rings. The largest absolute Gasteiger partial charge is 0.451 e. The van der Waals surface area contributed by atoms with Gasteiger partial charge in [-0.05, 0) is 30.0 Å². The molecule has 0 radical (unpaired) electrons. The van der Waals surface area contributed by atoms with Gasteiger partial charge in [0.1, 0.15) is 11.3 Å². The van der Waals surface area contributed by atoms with E-state index in [0.29, 0.717) is 11.5 Å². The van der Waals surface area contributed by atoms with Crippen molar-refractivity contribution in [1.29, 1.82) is 0 Å². The van der Waals surface area contributed by atoms with Crippen LogP contribution in [0.2, 0.25) is 10.4 Å². The quantitative estimate of drug-likeness (QED) is 0.531. The third-order valence-corrected chi connectivity index (χ3v) is 3.12. The predicted molar refractivity (Wildman–Crippen MR) is 63.7 cm³/mol. The second-order valence-electron chi connectivity index (χ2n) is 3.95. The van der Waals surface area contributed by atoms with Crippen LogP contribution in [0.15, 0.2) is 10.5 Å². The van der Waals surface area contributed by atoms with Crippen LogP contribution in [-0.2, 0) is 6.42 Å². The normalized spacial score (nSPS) is 19.1. The molecule has 0 fully saturated rings. The molecule has 1 aliphatic carbocycles. The lowest BCUT2D eigenvalue weighted by Gasteiger charge is -2.09. The number of aromatic nitrogens is 2. The van der Waals surface area contributed by atoms with E-state index in [2.05, 4.69) is 23.0 Å². The lowest BCUT2D eigenvalue weighted by atomic mass is 9.95. The zero-order valence-corrected chi connectivity index (χ0v) is 10.0. The van der Waals surface area contributed by atoms with Crippen molar-refractivity contribution in [2.75, 3.05) is 0 Å². The third-order valence-electron chi connectivity index (χ3n) is 2.69. The molecular formula is C11H8Cl2N2O. The van der Waals surface area contributed by atoms with Crippen molar-refractivity contribution in [3.8, 4) is 0 Å². The molecule has 5 heteroatoms. The van der Waals surface area contributed by atoms with Crippen LogP contribution in [0.5, 0.6) is 0 Å². The Morgan fingerprint density at radius 1 is 1.38 bits per heavy atom. The van der Waals surface area contributed by atoms with Gasteiger partial charge in [-0.1, -0.05) is 24.6 Å². The molecule has 82 valence electrons. The van der Waals surface area contributed by atoms with Gasteiger partial charge in [-0.2, -0.15) is 0 Å². The second kappa shape index (κ2) is 3.47. The van der Waals surface area contributed by atoms with Crippen molar-refractivity contribution in [1.82, 2.24) is 9.97 Å². The molecule has 1 unspecified atom stereocenters. The van der Waals surface area contributed by atoms with Gasteiger partial charge in [0.25, 0.3) is 0 Å². The molecule has 0 saturated carbocycles. The minimum atomic E-state index is 0.156. The predicted octanol–water partition coefficient (Wildman–Crippen LogP) is 3.74. The van der Waals surface area contributed by atoms with Crippen LogP contribution in [0, 0.1) is 5.92 Å². The molecule has 0 saturated heterocycles. The molecule has 3 nitrogen and oxygen atoms in total. The van der Waals surface area contributed by atoms with Gasteiger partial charge in [-0.15, -0.1) is 0 Å². The van der Waals surface area contributed by atoms with E-state index < -0.39 is 0 Å². The molecular weight excluding hydrogens is 247 g/mol.